The molecule has 0 fully saturated rings. The Morgan fingerprint density at radius 3 is 2.58 bits per heavy atom. The molecule has 0 atom stereocenters. The average molecular weight is 376 g/mol. The predicted octanol–water partition coefficient (Wildman–Crippen LogP) is 2.40. The lowest BCUT2D eigenvalue weighted by Gasteiger charge is -2.13. The molecule has 0 aliphatic heterocycles. The number of rotatable bonds is 5. The third-order valence-electron chi connectivity index (χ3n) is 2.38. The van der Waals surface area contributed by atoms with Gasteiger partial charge in [0.2, 0.25) is 5.91 Å². The first-order chi connectivity index (χ1) is 8.99. The van der Waals surface area contributed by atoms with Crippen LogP contribution in [-0.2, 0) is 4.79 Å². The number of amides is 2. The summed E-state index contributed by atoms with van der Waals surface area (Å²) in [5, 5.41) is 5.50. The van der Waals surface area contributed by atoms with Crippen LogP contribution in [0, 0.1) is 3.57 Å². The van der Waals surface area contributed by atoms with Crippen LogP contribution < -0.4 is 15.4 Å². The molecule has 0 saturated carbocycles. The maximum atomic E-state index is 12.0. The summed E-state index contributed by atoms with van der Waals surface area (Å²) in [4.78, 5) is 23.1. The van der Waals surface area contributed by atoms with Gasteiger partial charge in [-0.05, 0) is 35.1 Å². The number of ether oxygens (including phenoxy) is 1. The van der Waals surface area contributed by atoms with Crippen molar-refractivity contribution in [3.63, 3.8) is 0 Å². The van der Waals surface area contributed by atoms with Gasteiger partial charge in [-0.25, -0.2) is 0 Å². The van der Waals surface area contributed by atoms with Crippen LogP contribution >= 0.6 is 22.6 Å². The fourth-order valence-electron chi connectivity index (χ4n) is 1.52. The summed E-state index contributed by atoms with van der Waals surface area (Å²) >= 11 is 2.07. The Hall–Kier alpha value is -1.31. The smallest absolute Gasteiger partial charge is 0.255 e. The lowest BCUT2D eigenvalue weighted by Crippen LogP contribution is -2.24. The molecule has 0 heterocycles. The first-order valence-corrected chi connectivity index (χ1v) is 7.00. The maximum Gasteiger partial charge on any atom is 0.255 e. The highest BCUT2D eigenvalue weighted by atomic mass is 127. The van der Waals surface area contributed by atoms with E-state index in [1.807, 2.05) is 6.92 Å². The zero-order valence-corrected chi connectivity index (χ0v) is 13.3. The van der Waals surface area contributed by atoms with Crippen molar-refractivity contribution in [3.8, 4) is 5.75 Å². The number of hydrogen-bond donors (Lipinski definition) is 2. The van der Waals surface area contributed by atoms with Crippen LogP contribution in [0.1, 0.15) is 30.6 Å². The van der Waals surface area contributed by atoms with E-state index in [1.54, 1.807) is 12.1 Å². The van der Waals surface area contributed by atoms with Crippen molar-refractivity contribution in [2.45, 2.75) is 20.3 Å². The summed E-state index contributed by atoms with van der Waals surface area (Å²) in [6.07, 6.45) is 0.870. The lowest BCUT2D eigenvalue weighted by molar-refractivity contribution is -0.114. The second-order valence-corrected chi connectivity index (χ2v) is 5.13. The van der Waals surface area contributed by atoms with Crippen LogP contribution in [0.3, 0.4) is 0 Å². The van der Waals surface area contributed by atoms with Gasteiger partial charge in [0.25, 0.3) is 5.91 Å². The van der Waals surface area contributed by atoms with Gasteiger partial charge in [0, 0.05) is 23.1 Å². The van der Waals surface area contributed by atoms with Gasteiger partial charge in [-0.1, -0.05) is 6.92 Å². The van der Waals surface area contributed by atoms with Crippen LogP contribution in [0.4, 0.5) is 5.69 Å². The van der Waals surface area contributed by atoms with Crippen molar-refractivity contribution in [3.05, 3.63) is 21.3 Å². The van der Waals surface area contributed by atoms with Crippen LogP contribution in [0.25, 0.3) is 0 Å². The summed E-state index contributed by atoms with van der Waals surface area (Å²) in [6.45, 7) is 4.04. The van der Waals surface area contributed by atoms with Gasteiger partial charge in [0.05, 0.1) is 18.4 Å². The predicted molar refractivity (Wildman–Crippen MR) is 82.6 cm³/mol. The van der Waals surface area contributed by atoms with Crippen molar-refractivity contribution >= 4 is 40.1 Å². The van der Waals surface area contributed by atoms with Crippen molar-refractivity contribution in [2.75, 3.05) is 19.0 Å². The Labute approximate surface area is 126 Å². The molecule has 0 aliphatic carbocycles. The van der Waals surface area contributed by atoms with Gasteiger partial charge in [0.1, 0.15) is 5.75 Å². The van der Waals surface area contributed by atoms with Gasteiger partial charge in [0.15, 0.2) is 0 Å². The highest BCUT2D eigenvalue weighted by Gasteiger charge is 2.15. The van der Waals surface area contributed by atoms with Crippen LogP contribution in [0.5, 0.6) is 5.75 Å². The van der Waals surface area contributed by atoms with Gasteiger partial charge in [-0.3, -0.25) is 9.59 Å². The molecule has 2 amide bonds. The number of methoxy groups -OCH3 is 1. The number of carbonyl (C=O) groups excluding carboxylic acids is 2. The largest absolute Gasteiger partial charge is 0.496 e. The van der Waals surface area contributed by atoms with E-state index in [4.69, 9.17) is 4.74 Å². The van der Waals surface area contributed by atoms with Crippen LogP contribution in [0.15, 0.2) is 12.1 Å². The normalized spacial score (nSPS) is 9.89. The second kappa shape index (κ2) is 7.32. The number of halogens is 1. The molecule has 6 heteroatoms. The average Bonchev–Trinajstić information content (AvgIpc) is 2.37. The molecule has 1 aromatic carbocycles. The fraction of sp³-hybridized carbons (Fsp3) is 0.385. The molecule has 0 saturated heterocycles. The molecule has 0 aliphatic rings. The Balaban J connectivity index is 3.09. The van der Waals surface area contributed by atoms with E-state index in [9.17, 15) is 9.59 Å². The van der Waals surface area contributed by atoms with E-state index in [1.165, 1.54) is 14.0 Å². The molecule has 5 nitrogen and oxygen atoms in total. The summed E-state index contributed by atoms with van der Waals surface area (Å²) in [6, 6.07) is 3.36. The van der Waals surface area contributed by atoms with Gasteiger partial charge in [-0.15, -0.1) is 0 Å². The molecule has 104 valence electrons. The maximum absolute atomic E-state index is 12.0. The van der Waals surface area contributed by atoms with Gasteiger partial charge >= 0.3 is 0 Å². The molecule has 0 bridgehead atoms. The SMILES string of the molecule is CCCNC(=O)c1cc(I)c(NC(C)=O)cc1OC. The minimum Gasteiger partial charge on any atom is -0.496 e. The third-order valence-corrected chi connectivity index (χ3v) is 3.27. The van der Waals surface area contributed by atoms with Crippen molar-refractivity contribution in [1.29, 1.82) is 0 Å². The third kappa shape index (κ3) is 4.38. The molecule has 0 unspecified atom stereocenters. The van der Waals surface area contributed by atoms with E-state index in [0.717, 1.165) is 9.99 Å². The molecule has 0 radical (unpaired) electrons. The topological polar surface area (TPSA) is 67.4 Å². The van der Waals surface area contributed by atoms with Gasteiger partial charge in [-0.2, -0.15) is 0 Å². The first-order valence-electron chi connectivity index (χ1n) is 5.92. The number of benzene rings is 1. The molecule has 0 spiro atoms. The van der Waals surface area contributed by atoms with E-state index >= 15 is 0 Å². The number of carbonyl (C=O) groups is 2. The Morgan fingerprint density at radius 2 is 2.05 bits per heavy atom. The Morgan fingerprint density at radius 1 is 1.37 bits per heavy atom. The number of hydrogen-bond acceptors (Lipinski definition) is 3. The van der Waals surface area contributed by atoms with E-state index in [2.05, 4.69) is 33.2 Å². The number of anilines is 1. The molecule has 1 aromatic rings. The number of nitrogens with one attached hydrogen (secondary N) is 2. The van der Waals surface area contributed by atoms with Gasteiger partial charge < -0.3 is 15.4 Å². The minimum atomic E-state index is -0.175. The van der Waals surface area contributed by atoms with E-state index in [0.29, 0.717) is 23.5 Å². The minimum absolute atomic E-state index is 0.164. The van der Waals surface area contributed by atoms with Crippen molar-refractivity contribution in [1.82, 2.24) is 5.32 Å². The highest BCUT2D eigenvalue weighted by molar-refractivity contribution is 14.1. The second-order valence-electron chi connectivity index (χ2n) is 3.97. The van der Waals surface area contributed by atoms with E-state index < -0.39 is 0 Å². The van der Waals surface area contributed by atoms with Crippen molar-refractivity contribution in [2.24, 2.45) is 0 Å². The van der Waals surface area contributed by atoms with E-state index in [-0.39, 0.29) is 11.8 Å². The Kier molecular flexibility index (Phi) is 6.07. The van der Waals surface area contributed by atoms with Crippen LogP contribution in [0.2, 0.25) is 0 Å². The first kappa shape index (κ1) is 15.7. The highest BCUT2D eigenvalue weighted by Crippen LogP contribution is 2.28. The summed E-state index contributed by atoms with van der Waals surface area (Å²) in [5.74, 6) is 0.104. The molecular formula is C13H17IN2O3. The summed E-state index contributed by atoms with van der Waals surface area (Å²) in [7, 11) is 1.50. The fourth-order valence-corrected chi connectivity index (χ4v) is 2.12. The summed E-state index contributed by atoms with van der Waals surface area (Å²) < 4.78 is 6.00. The molecule has 1 rings (SSSR count). The van der Waals surface area contributed by atoms with Crippen LogP contribution in [-0.4, -0.2) is 25.5 Å². The summed E-state index contributed by atoms with van der Waals surface area (Å²) in [5.41, 5.74) is 1.10. The lowest BCUT2D eigenvalue weighted by atomic mass is 10.1. The monoisotopic (exact) mass is 376 g/mol. The molecule has 19 heavy (non-hydrogen) atoms. The molecular weight excluding hydrogens is 359 g/mol. The van der Waals surface area contributed by atoms with Crippen molar-refractivity contribution < 1.29 is 14.3 Å². The quantitative estimate of drug-likeness (QED) is 0.776. The zero-order chi connectivity index (χ0) is 14.4. The molecule has 2 N–H and O–H groups in total. The molecule has 0 aromatic heterocycles. The Bertz CT molecular complexity index is 489. The zero-order valence-electron chi connectivity index (χ0n) is 11.2. The standard InChI is InChI=1S/C13H17IN2O3/c1-4-5-15-13(18)9-6-10(14)11(16-8(2)17)7-12(9)19-3/h6-7H,4-5H2,1-3H3,(H,15,18)(H,16,17).